The molecule has 0 atom stereocenters. The molecule has 2 rings (SSSR count). The van der Waals surface area contributed by atoms with Gasteiger partial charge in [0.15, 0.2) is 0 Å². The summed E-state index contributed by atoms with van der Waals surface area (Å²) in [6, 6.07) is 5.48. The van der Waals surface area contributed by atoms with Crippen LogP contribution in [0.25, 0.3) is 0 Å². The average Bonchev–Trinajstić information content (AvgIpc) is 2.69. The first-order valence-corrected chi connectivity index (χ1v) is 10.5. The van der Waals surface area contributed by atoms with Crippen LogP contribution in [0, 0.1) is 0 Å². The third-order valence-electron chi connectivity index (χ3n) is 4.62. The second kappa shape index (κ2) is 11.3. The topological polar surface area (TPSA) is 101 Å². The number of rotatable bonds is 9. The lowest BCUT2D eigenvalue weighted by Crippen LogP contribution is -2.46. The Balaban J connectivity index is 2.04. The zero-order chi connectivity index (χ0) is 23.0. The Bertz CT molecular complexity index is 837. The molecule has 0 spiro atoms. The molecule has 0 bridgehead atoms. The maximum absolute atomic E-state index is 12.1. The predicted octanol–water partition coefficient (Wildman–Crippen LogP) is 2.21. The minimum atomic E-state index is -0.398. The minimum absolute atomic E-state index is 0.0329. The van der Waals surface area contributed by atoms with Gasteiger partial charge in [-0.2, -0.15) is 0 Å². The summed E-state index contributed by atoms with van der Waals surface area (Å²) in [5, 5.41) is 2.67. The van der Waals surface area contributed by atoms with Crippen molar-refractivity contribution in [2.45, 2.75) is 53.2 Å². The fourth-order valence-corrected chi connectivity index (χ4v) is 2.98. The molecule has 1 aliphatic rings. The Morgan fingerprint density at radius 1 is 1.29 bits per heavy atom. The van der Waals surface area contributed by atoms with Crippen LogP contribution < -0.4 is 10.1 Å². The molecular formula is C22H32N4O5. The fraction of sp³-hybridized carbons (Fsp3) is 0.545. The lowest BCUT2D eigenvalue weighted by molar-refractivity contribution is -0.148. The van der Waals surface area contributed by atoms with Crippen LogP contribution in [0.1, 0.15) is 46.1 Å². The fourth-order valence-electron chi connectivity index (χ4n) is 2.98. The van der Waals surface area contributed by atoms with Gasteiger partial charge < -0.3 is 19.3 Å². The molecule has 0 radical (unpaired) electrons. The van der Waals surface area contributed by atoms with Crippen molar-refractivity contribution in [3.05, 3.63) is 23.8 Å². The van der Waals surface area contributed by atoms with E-state index in [4.69, 9.17) is 9.47 Å². The van der Waals surface area contributed by atoms with Gasteiger partial charge in [0.05, 0.1) is 18.4 Å². The van der Waals surface area contributed by atoms with Gasteiger partial charge in [0.25, 0.3) is 0 Å². The van der Waals surface area contributed by atoms with Gasteiger partial charge in [-0.1, -0.05) is 0 Å². The third kappa shape index (κ3) is 7.58. The Morgan fingerprint density at radius 2 is 2.03 bits per heavy atom. The van der Waals surface area contributed by atoms with Gasteiger partial charge in [-0.05, 0) is 45.4 Å². The molecule has 1 aromatic carbocycles. The van der Waals surface area contributed by atoms with E-state index in [2.05, 4.69) is 10.3 Å². The van der Waals surface area contributed by atoms with E-state index in [9.17, 15) is 14.4 Å². The zero-order valence-corrected chi connectivity index (χ0v) is 18.9. The molecule has 0 fully saturated rings. The quantitative estimate of drug-likeness (QED) is 0.474. The Labute approximate surface area is 183 Å². The van der Waals surface area contributed by atoms with E-state index in [0.29, 0.717) is 49.9 Å². The number of aliphatic imine (C=N–C) groups is 1. The van der Waals surface area contributed by atoms with Crippen molar-refractivity contribution in [1.29, 1.82) is 0 Å². The molecule has 9 heteroatoms. The van der Waals surface area contributed by atoms with E-state index in [0.717, 1.165) is 5.56 Å². The van der Waals surface area contributed by atoms with Crippen LogP contribution in [0.4, 0.5) is 5.69 Å². The van der Waals surface area contributed by atoms with Gasteiger partial charge in [0.1, 0.15) is 12.3 Å². The standard InChI is InChI=1S/C22H32N4O5/c1-6-25(5)20(28)8-7-11-30-18-9-10-19-17(12-18)13-26(14-21(29)31-15(2)3)22(24-19)23-16(4)27/h9-10,12,15H,6-8,11,13-14H2,1-5H3,(H,23,24,27). The SMILES string of the molecule is CCN(C)C(=O)CCCOc1ccc2c(c1)CN(CC(=O)OC(C)C)C(NC(C)=O)=N2. The van der Waals surface area contributed by atoms with Gasteiger partial charge in [0, 0.05) is 39.0 Å². The number of benzene rings is 1. The van der Waals surface area contributed by atoms with E-state index in [1.165, 1.54) is 6.92 Å². The highest BCUT2D eigenvalue weighted by Gasteiger charge is 2.24. The summed E-state index contributed by atoms with van der Waals surface area (Å²) in [6.45, 7) is 8.34. The summed E-state index contributed by atoms with van der Waals surface area (Å²) in [7, 11) is 1.78. The van der Waals surface area contributed by atoms with E-state index in [1.54, 1.807) is 36.8 Å². The third-order valence-corrected chi connectivity index (χ3v) is 4.62. The summed E-state index contributed by atoms with van der Waals surface area (Å²) in [4.78, 5) is 43.4. The number of nitrogens with zero attached hydrogens (tertiary/aromatic N) is 3. The Kier molecular flexibility index (Phi) is 8.84. The summed E-state index contributed by atoms with van der Waals surface area (Å²) >= 11 is 0. The molecule has 0 aromatic heterocycles. The van der Waals surface area contributed by atoms with Crippen molar-refractivity contribution in [2.75, 3.05) is 26.7 Å². The Hall–Kier alpha value is -3.10. The van der Waals surface area contributed by atoms with Crippen molar-refractivity contribution >= 4 is 29.4 Å². The molecule has 1 aromatic rings. The smallest absolute Gasteiger partial charge is 0.325 e. The molecule has 1 N–H and O–H groups in total. The summed E-state index contributed by atoms with van der Waals surface area (Å²) in [5.74, 6) is 0.407. The van der Waals surface area contributed by atoms with Crippen molar-refractivity contribution < 1.29 is 23.9 Å². The first kappa shape index (κ1) is 24.2. The minimum Gasteiger partial charge on any atom is -0.494 e. The van der Waals surface area contributed by atoms with E-state index >= 15 is 0 Å². The molecule has 31 heavy (non-hydrogen) atoms. The van der Waals surface area contributed by atoms with E-state index < -0.39 is 5.97 Å². The number of nitrogens with one attached hydrogen (secondary N) is 1. The van der Waals surface area contributed by atoms with Crippen molar-refractivity contribution in [2.24, 2.45) is 4.99 Å². The second-order valence-electron chi connectivity index (χ2n) is 7.66. The number of ether oxygens (including phenoxy) is 2. The number of amides is 2. The molecule has 9 nitrogen and oxygen atoms in total. The van der Waals surface area contributed by atoms with Crippen LogP contribution >= 0.6 is 0 Å². The van der Waals surface area contributed by atoms with Crippen LogP contribution in [0.3, 0.4) is 0 Å². The molecule has 1 aliphatic heterocycles. The second-order valence-corrected chi connectivity index (χ2v) is 7.66. The number of esters is 1. The number of carbonyl (C=O) groups is 3. The first-order chi connectivity index (χ1) is 14.7. The van der Waals surface area contributed by atoms with Crippen molar-refractivity contribution in [3.63, 3.8) is 0 Å². The monoisotopic (exact) mass is 432 g/mol. The first-order valence-electron chi connectivity index (χ1n) is 10.5. The summed E-state index contributed by atoms with van der Waals surface area (Å²) in [6.07, 6.45) is 0.832. The lowest BCUT2D eigenvalue weighted by atomic mass is 10.1. The van der Waals surface area contributed by atoms with Gasteiger partial charge in [-0.15, -0.1) is 0 Å². The van der Waals surface area contributed by atoms with Crippen LogP contribution in [-0.4, -0.2) is 66.4 Å². The Morgan fingerprint density at radius 3 is 2.68 bits per heavy atom. The van der Waals surface area contributed by atoms with Crippen LogP contribution in [0.15, 0.2) is 23.2 Å². The van der Waals surface area contributed by atoms with Gasteiger partial charge in [0.2, 0.25) is 17.8 Å². The molecule has 170 valence electrons. The number of carbonyl (C=O) groups excluding carboxylic acids is 3. The molecule has 0 aliphatic carbocycles. The average molecular weight is 433 g/mol. The van der Waals surface area contributed by atoms with Gasteiger partial charge in [-0.25, -0.2) is 4.99 Å². The number of hydrogen-bond donors (Lipinski definition) is 1. The largest absolute Gasteiger partial charge is 0.494 e. The molecule has 0 saturated heterocycles. The van der Waals surface area contributed by atoms with Crippen molar-refractivity contribution in [3.8, 4) is 5.75 Å². The number of hydrogen-bond acceptors (Lipinski definition) is 7. The highest BCUT2D eigenvalue weighted by Crippen LogP contribution is 2.29. The maximum atomic E-state index is 12.1. The zero-order valence-electron chi connectivity index (χ0n) is 18.9. The molecule has 2 amide bonds. The normalized spacial score (nSPS) is 12.7. The highest BCUT2D eigenvalue weighted by atomic mass is 16.5. The summed E-state index contributed by atoms with van der Waals surface area (Å²) < 4.78 is 11.0. The predicted molar refractivity (Wildman–Crippen MR) is 117 cm³/mol. The van der Waals surface area contributed by atoms with Crippen LogP contribution in [-0.2, 0) is 25.7 Å². The molecular weight excluding hydrogens is 400 g/mol. The van der Waals surface area contributed by atoms with E-state index in [-0.39, 0.29) is 24.5 Å². The molecule has 0 saturated carbocycles. The van der Waals surface area contributed by atoms with Gasteiger partial charge in [-0.3, -0.25) is 19.7 Å². The highest BCUT2D eigenvalue weighted by molar-refractivity contribution is 5.99. The maximum Gasteiger partial charge on any atom is 0.325 e. The van der Waals surface area contributed by atoms with Crippen molar-refractivity contribution in [1.82, 2.24) is 15.1 Å². The summed E-state index contributed by atoms with van der Waals surface area (Å²) in [5.41, 5.74) is 1.56. The molecule has 1 heterocycles. The van der Waals surface area contributed by atoms with Gasteiger partial charge >= 0.3 is 5.97 Å². The van der Waals surface area contributed by atoms with Crippen LogP contribution in [0.5, 0.6) is 5.75 Å². The number of guanidine groups is 1. The van der Waals surface area contributed by atoms with Crippen LogP contribution in [0.2, 0.25) is 0 Å². The number of fused-ring (bicyclic) bond motifs is 1. The molecule has 0 unspecified atom stereocenters. The lowest BCUT2D eigenvalue weighted by Gasteiger charge is -2.29. The van der Waals surface area contributed by atoms with E-state index in [1.807, 2.05) is 19.1 Å².